The van der Waals surface area contributed by atoms with Gasteiger partial charge in [0.2, 0.25) is 0 Å². The maximum Gasteiger partial charge on any atom is 0.175 e. The fourth-order valence-electron chi connectivity index (χ4n) is 3.95. The van der Waals surface area contributed by atoms with Gasteiger partial charge in [-0.3, -0.25) is 0 Å². The molecular weight excluding hydrogens is 306 g/mol. The number of thioether (sulfide) groups is 1. The fraction of sp³-hybridized carbons (Fsp3) is 0.588. The van der Waals surface area contributed by atoms with Crippen LogP contribution in [0.2, 0.25) is 0 Å². The van der Waals surface area contributed by atoms with Crippen molar-refractivity contribution in [2.45, 2.75) is 50.6 Å². The highest BCUT2D eigenvalue weighted by atomic mass is 32.2. The Morgan fingerprint density at radius 1 is 1.22 bits per heavy atom. The minimum absolute atomic E-state index is 0.111. The number of hydrogen-bond acceptors (Lipinski definition) is 5. The second-order valence-corrected chi connectivity index (χ2v) is 8.74. The lowest BCUT2D eigenvalue weighted by Gasteiger charge is -2.39. The SMILES string of the molecule is CC(C)(C)n1nnnc1C1Nc2ccccc2C12CCSCC2. The monoisotopic (exact) mass is 329 g/mol. The van der Waals surface area contributed by atoms with Crippen molar-refractivity contribution < 1.29 is 0 Å². The van der Waals surface area contributed by atoms with E-state index in [1.165, 1.54) is 35.6 Å². The third kappa shape index (κ3) is 2.26. The van der Waals surface area contributed by atoms with Crippen LogP contribution in [0.4, 0.5) is 5.69 Å². The molecule has 2 aliphatic rings. The van der Waals surface area contributed by atoms with Gasteiger partial charge in [0.1, 0.15) is 0 Å². The van der Waals surface area contributed by atoms with Crippen molar-refractivity contribution in [1.82, 2.24) is 20.2 Å². The second-order valence-electron chi connectivity index (χ2n) is 7.51. The topological polar surface area (TPSA) is 55.6 Å². The number of hydrogen-bond donors (Lipinski definition) is 1. The molecule has 3 heterocycles. The molecule has 1 spiro atoms. The van der Waals surface area contributed by atoms with Crippen LogP contribution >= 0.6 is 11.8 Å². The molecule has 4 rings (SSSR count). The lowest BCUT2D eigenvalue weighted by atomic mass is 9.71. The van der Waals surface area contributed by atoms with Crippen LogP contribution in [0.5, 0.6) is 0 Å². The number of nitrogens with zero attached hydrogens (tertiary/aromatic N) is 4. The van der Waals surface area contributed by atoms with Crippen LogP contribution in [0, 0.1) is 0 Å². The molecule has 1 N–H and O–H groups in total. The molecule has 1 saturated heterocycles. The summed E-state index contributed by atoms with van der Waals surface area (Å²) in [6.07, 6.45) is 2.34. The predicted octanol–water partition coefficient (Wildman–Crippen LogP) is 3.36. The summed E-state index contributed by atoms with van der Waals surface area (Å²) < 4.78 is 1.99. The summed E-state index contributed by atoms with van der Waals surface area (Å²) >= 11 is 2.05. The van der Waals surface area contributed by atoms with Crippen molar-refractivity contribution in [3.05, 3.63) is 35.7 Å². The van der Waals surface area contributed by atoms with E-state index in [0.717, 1.165) is 5.82 Å². The lowest BCUT2D eigenvalue weighted by molar-refractivity contribution is 0.292. The lowest BCUT2D eigenvalue weighted by Crippen LogP contribution is -2.39. The molecular formula is C17H23N5S. The molecule has 1 atom stereocenters. The summed E-state index contributed by atoms with van der Waals surface area (Å²) in [4.78, 5) is 0. The van der Waals surface area contributed by atoms with E-state index in [1.54, 1.807) is 0 Å². The van der Waals surface area contributed by atoms with Crippen LogP contribution in [-0.2, 0) is 11.0 Å². The highest BCUT2D eigenvalue weighted by molar-refractivity contribution is 7.99. The van der Waals surface area contributed by atoms with E-state index in [2.05, 4.69) is 77.6 Å². The van der Waals surface area contributed by atoms with Crippen LogP contribution in [0.1, 0.15) is 51.0 Å². The van der Waals surface area contributed by atoms with Gasteiger partial charge < -0.3 is 5.32 Å². The van der Waals surface area contributed by atoms with E-state index in [0.29, 0.717) is 0 Å². The summed E-state index contributed by atoms with van der Waals surface area (Å²) in [6.45, 7) is 6.45. The van der Waals surface area contributed by atoms with Gasteiger partial charge >= 0.3 is 0 Å². The highest BCUT2D eigenvalue weighted by Crippen LogP contribution is 2.55. The highest BCUT2D eigenvalue weighted by Gasteiger charge is 2.50. The largest absolute Gasteiger partial charge is 0.374 e. The molecule has 1 fully saturated rings. The molecule has 122 valence electrons. The van der Waals surface area contributed by atoms with Gasteiger partial charge in [0.15, 0.2) is 5.82 Å². The van der Waals surface area contributed by atoms with Gasteiger partial charge in [-0.1, -0.05) is 18.2 Å². The van der Waals surface area contributed by atoms with Crippen LogP contribution in [-0.4, -0.2) is 31.7 Å². The fourth-order valence-corrected chi connectivity index (χ4v) is 5.17. The molecule has 0 saturated carbocycles. The third-order valence-corrected chi connectivity index (χ3v) is 6.07. The molecule has 1 unspecified atom stereocenters. The minimum Gasteiger partial charge on any atom is -0.374 e. The first-order valence-electron chi connectivity index (χ1n) is 8.25. The van der Waals surface area contributed by atoms with Crippen molar-refractivity contribution in [2.75, 3.05) is 16.8 Å². The van der Waals surface area contributed by atoms with Gasteiger partial charge in [0, 0.05) is 11.1 Å². The predicted molar refractivity (Wildman–Crippen MR) is 93.9 cm³/mol. The second kappa shape index (κ2) is 5.23. The normalized spacial score (nSPS) is 22.8. The zero-order valence-electron chi connectivity index (χ0n) is 13.9. The van der Waals surface area contributed by atoms with E-state index < -0.39 is 0 Å². The number of rotatable bonds is 1. The smallest absolute Gasteiger partial charge is 0.175 e. The van der Waals surface area contributed by atoms with Crippen molar-refractivity contribution in [1.29, 1.82) is 0 Å². The molecule has 1 aromatic heterocycles. The number of fused-ring (bicyclic) bond motifs is 2. The number of aromatic nitrogens is 4. The van der Waals surface area contributed by atoms with Crippen LogP contribution in [0.25, 0.3) is 0 Å². The maximum atomic E-state index is 4.43. The third-order valence-electron chi connectivity index (χ3n) is 5.09. The molecule has 5 nitrogen and oxygen atoms in total. The summed E-state index contributed by atoms with van der Waals surface area (Å²) in [5.41, 5.74) is 2.67. The van der Waals surface area contributed by atoms with Crippen molar-refractivity contribution >= 4 is 17.4 Å². The maximum absolute atomic E-state index is 4.43. The van der Waals surface area contributed by atoms with Crippen LogP contribution in [0.3, 0.4) is 0 Å². The van der Waals surface area contributed by atoms with Gasteiger partial charge in [-0.25, -0.2) is 4.68 Å². The van der Waals surface area contributed by atoms with Gasteiger partial charge in [0.25, 0.3) is 0 Å². The van der Waals surface area contributed by atoms with Gasteiger partial charge in [-0.15, -0.1) is 5.10 Å². The standard InChI is InChI=1S/C17H23N5S/c1-16(2,3)22-15(19-20-21-22)14-17(8-10-23-11-9-17)12-6-4-5-7-13(12)18-14/h4-7,14,18H,8-11H2,1-3H3. The molecule has 2 aromatic rings. The van der Waals surface area contributed by atoms with Crippen molar-refractivity contribution in [3.8, 4) is 0 Å². The van der Waals surface area contributed by atoms with Crippen molar-refractivity contribution in [3.63, 3.8) is 0 Å². The Labute approximate surface area is 141 Å². The van der Waals surface area contributed by atoms with E-state index in [-0.39, 0.29) is 17.0 Å². The minimum atomic E-state index is -0.125. The van der Waals surface area contributed by atoms with E-state index in [4.69, 9.17) is 0 Å². The molecule has 2 aliphatic heterocycles. The van der Waals surface area contributed by atoms with Gasteiger partial charge in [0.05, 0.1) is 11.6 Å². The zero-order chi connectivity index (χ0) is 16.1. The number of benzene rings is 1. The Hall–Kier alpha value is -1.56. The van der Waals surface area contributed by atoms with Crippen LogP contribution < -0.4 is 5.32 Å². The first-order valence-corrected chi connectivity index (χ1v) is 9.40. The van der Waals surface area contributed by atoms with Crippen LogP contribution in [0.15, 0.2) is 24.3 Å². The summed E-state index contributed by atoms with van der Waals surface area (Å²) in [5.74, 6) is 3.35. The Morgan fingerprint density at radius 3 is 2.70 bits per heavy atom. The number of para-hydroxylation sites is 1. The molecule has 0 aliphatic carbocycles. The molecule has 6 heteroatoms. The summed E-state index contributed by atoms with van der Waals surface area (Å²) in [6, 6.07) is 8.87. The Balaban J connectivity index is 1.85. The average Bonchev–Trinajstić information content (AvgIpc) is 3.12. The summed E-state index contributed by atoms with van der Waals surface area (Å²) in [5, 5.41) is 16.4. The number of tetrazole rings is 1. The molecule has 23 heavy (non-hydrogen) atoms. The average molecular weight is 329 g/mol. The molecule has 0 bridgehead atoms. The number of anilines is 1. The molecule has 0 radical (unpaired) electrons. The first kappa shape index (κ1) is 15.0. The van der Waals surface area contributed by atoms with Crippen molar-refractivity contribution in [2.24, 2.45) is 0 Å². The Morgan fingerprint density at radius 2 is 1.96 bits per heavy atom. The molecule has 1 aromatic carbocycles. The molecule has 0 amide bonds. The zero-order valence-corrected chi connectivity index (χ0v) is 14.7. The Kier molecular flexibility index (Phi) is 3.41. The van der Waals surface area contributed by atoms with Gasteiger partial charge in [-0.05, 0) is 67.2 Å². The van der Waals surface area contributed by atoms with Gasteiger partial charge in [-0.2, -0.15) is 11.8 Å². The first-order chi connectivity index (χ1) is 11.0. The quantitative estimate of drug-likeness (QED) is 0.869. The summed E-state index contributed by atoms with van der Waals surface area (Å²) in [7, 11) is 0. The van der Waals surface area contributed by atoms with E-state index >= 15 is 0 Å². The Bertz CT molecular complexity index is 712. The number of nitrogens with one attached hydrogen (secondary N) is 1. The van der Waals surface area contributed by atoms with E-state index in [9.17, 15) is 0 Å². The van der Waals surface area contributed by atoms with E-state index in [1.807, 2.05) is 4.68 Å².